The van der Waals surface area contributed by atoms with Gasteiger partial charge in [-0.15, -0.1) is 0 Å². The highest BCUT2D eigenvalue weighted by Crippen LogP contribution is 2.22. The second-order valence-electron chi connectivity index (χ2n) is 3.53. The van der Waals surface area contributed by atoms with Crippen molar-refractivity contribution in [2.45, 2.75) is 19.9 Å². The lowest BCUT2D eigenvalue weighted by molar-refractivity contribution is -0.129. The molecule has 1 aromatic heterocycles. The van der Waals surface area contributed by atoms with Gasteiger partial charge < -0.3 is 4.90 Å². The maximum Gasteiger partial charge on any atom is 0.219 e. The van der Waals surface area contributed by atoms with Gasteiger partial charge >= 0.3 is 0 Å². The highest BCUT2D eigenvalue weighted by atomic mass is 127. The number of halogens is 1. The van der Waals surface area contributed by atoms with Gasteiger partial charge in [0.15, 0.2) is 0 Å². The van der Waals surface area contributed by atoms with E-state index in [0.29, 0.717) is 0 Å². The van der Waals surface area contributed by atoms with Crippen LogP contribution >= 0.6 is 22.6 Å². The molecule has 0 bridgehead atoms. The van der Waals surface area contributed by atoms with E-state index in [1.165, 1.54) is 11.3 Å². The summed E-state index contributed by atoms with van der Waals surface area (Å²) in [6, 6.07) is 0. The first-order valence-electron chi connectivity index (χ1n) is 4.55. The van der Waals surface area contributed by atoms with Crippen LogP contribution in [0, 0.1) is 3.70 Å². The van der Waals surface area contributed by atoms with Crippen molar-refractivity contribution in [3.8, 4) is 0 Å². The van der Waals surface area contributed by atoms with Crippen molar-refractivity contribution in [1.29, 1.82) is 0 Å². The lowest BCUT2D eigenvalue weighted by Gasteiger charge is -2.26. The summed E-state index contributed by atoms with van der Waals surface area (Å²) in [6.45, 7) is 3.16. The Morgan fingerprint density at radius 3 is 2.93 bits per heavy atom. The van der Waals surface area contributed by atoms with Crippen molar-refractivity contribution < 1.29 is 4.79 Å². The van der Waals surface area contributed by atoms with E-state index in [4.69, 9.17) is 0 Å². The molecule has 0 radical (unpaired) electrons. The number of nitrogens with zero attached hydrogens (tertiary/aromatic N) is 3. The molecule has 4 nitrogen and oxygen atoms in total. The molecule has 2 rings (SSSR count). The van der Waals surface area contributed by atoms with Crippen LogP contribution in [0.25, 0.3) is 0 Å². The molecule has 1 aliphatic heterocycles. The first kappa shape index (κ1) is 9.95. The number of carbonyl (C=O) groups is 1. The molecule has 0 atom stereocenters. The topological polar surface area (TPSA) is 38.1 Å². The van der Waals surface area contributed by atoms with E-state index in [1.54, 1.807) is 6.92 Å². The number of amides is 1. The summed E-state index contributed by atoms with van der Waals surface area (Å²) >= 11 is 2.23. The molecule has 0 aromatic carbocycles. The minimum atomic E-state index is 0.148. The predicted molar refractivity (Wildman–Crippen MR) is 60.7 cm³/mol. The minimum absolute atomic E-state index is 0.148. The lowest BCUT2D eigenvalue weighted by atomic mass is 10.1. The molecule has 5 heteroatoms. The molecule has 0 saturated carbocycles. The summed E-state index contributed by atoms with van der Waals surface area (Å²) in [6.07, 6.45) is 0.918. The number of hydrogen-bond donors (Lipinski definition) is 0. The SMILES string of the molecule is CC(=O)N1CCc2c(c(I)nn2C)C1. The third-order valence-electron chi connectivity index (χ3n) is 2.64. The van der Waals surface area contributed by atoms with Crippen LogP contribution in [0.2, 0.25) is 0 Å². The average Bonchev–Trinajstić information content (AvgIpc) is 2.42. The first-order chi connectivity index (χ1) is 6.59. The van der Waals surface area contributed by atoms with Gasteiger partial charge in [0.05, 0.1) is 6.54 Å². The van der Waals surface area contributed by atoms with Crippen LogP contribution in [0.4, 0.5) is 0 Å². The van der Waals surface area contributed by atoms with Gasteiger partial charge in [-0.2, -0.15) is 5.10 Å². The smallest absolute Gasteiger partial charge is 0.219 e. The van der Waals surface area contributed by atoms with E-state index in [-0.39, 0.29) is 5.91 Å². The minimum Gasteiger partial charge on any atom is -0.338 e. The zero-order valence-electron chi connectivity index (χ0n) is 8.25. The van der Waals surface area contributed by atoms with Crippen molar-refractivity contribution >= 4 is 28.5 Å². The van der Waals surface area contributed by atoms with Gasteiger partial charge in [0.1, 0.15) is 3.70 Å². The van der Waals surface area contributed by atoms with E-state index in [9.17, 15) is 4.79 Å². The van der Waals surface area contributed by atoms with Crippen molar-refractivity contribution in [2.24, 2.45) is 7.05 Å². The Bertz CT molecular complexity index is 386. The zero-order valence-corrected chi connectivity index (χ0v) is 10.4. The molecule has 1 amide bonds. The molecular formula is C9H12IN3O. The van der Waals surface area contributed by atoms with Gasteiger partial charge in [0, 0.05) is 38.2 Å². The molecule has 0 unspecified atom stereocenters. The highest BCUT2D eigenvalue weighted by Gasteiger charge is 2.23. The van der Waals surface area contributed by atoms with Crippen molar-refractivity contribution in [2.75, 3.05) is 6.54 Å². The number of hydrogen-bond acceptors (Lipinski definition) is 2. The third kappa shape index (κ3) is 1.53. The Morgan fingerprint density at radius 2 is 2.29 bits per heavy atom. The van der Waals surface area contributed by atoms with Crippen molar-refractivity contribution in [3.05, 3.63) is 15.0 Å². The summed E-state index contributed by atoms with van der Waals surface area (Å²) < 4.78 is 2.94. The van der Waals surface area contributed by atoms with Crippen molar-refractivity contribution in [3.63, 3.8) is 0 Å². The predicted octanol–water partition coefficient (Wildman–Crippen LogP) is 0.929. The van der Waals surface area contributed by atoms with Crippen LogP contribution in [0.3, 0.4) is 0 Å². The molecule has 0 saturated heterocycles. The summed E-state index contributed by atoms with van der Waals surface area (Å²) in [5.74, 6) is 0.148. The highest BCUT2D eigenvalue weighted by molar-refractivity contribution is 14.1. The zero-order chi connectivity index (χ0) is 10.3. The maximum atomic E-state index is 11.2. The molecule has 76 valence electrons. The second-order valence-corrected chi connectivity index (χ2v) is 4.55. The Kier molecular flexibility index (Phi) is 2.50. The number of carbonyl (C=O) groups excluding carboxylic acids is 1. The number of rotatable bonds is 0. The van der Waals surface area contributed by atoms with E-state index in [0.717, 1.165) is 23.2 Å². The third-order valence-corrected chi connectivity index (χ3v) is 3.51. The Balaban J connectivity index is 2.34. The van der Waals surface area contributed by atoms with Crippen LogP contribution in [0.15, 0.2) is 0 Å². The summed E-state index contributed by atoms with van der Waals surface area (Å²) in [4.78, 5) is 13.1. The first-order valence-corrected chi connectivity index (χ1v) is 5.63. The normalized spacial score (nSPS) is 15.5. The molecule has 1 aliphatic rings. The molecule has 0 spiro atoms. The van der Waals surface area contributed by atoms with Crippen LogP contribution in [0.5, 0.6) is 0 Å². The van der Waals surface area contributed by atoms with Gasteiger partial charge in [0.25, 0.3) is 0 Å². The fraction of sp³-hybridized carbons (Fsp3) is 0.556. The monoisotopic (exact) mass is 305 g/mol. The van der Waals surface area contributed by atoms with Gasteiger partial charge in [0.2, 0.25) is 5.91 Å². The van der Waals surface area contributed by atoms with E-state index in [1.807, 2.05) is 16.6 Å². The summed E-state index contributed by atoms with van der Waals surface area (Å²) in [5.41, 5.74) is 2.49. The Morgan fingerprint density at radius 1 is 1.57 bits per heavy atom. The molecular weight excluding hydrogens is 293 g/mol. The number of aromatic nitrogens is 2. The van der Waals surface area contributed by atoms with Gasteiger partial charge in [-0.1, -0.05) is 0 Å². The van der Waals surface area contributed by atoms with Crippen LogP contribution in [-0.4, -0.2) is 27.1 Å². The molecule has 1 aromatic rings. The van der Waals surface area contributed by atoms with Gasteiger partial charge in [-0.05, 0) is 22.6 Å². The van der Waals surface area contributed by atoms with Crippen molar-refractivity contribution in [1.82, 2.24) is 14.7 Å². The van der Waals surface area contributed by atoms with E-state index < -0.39 is 0 Å². The Hall–Kier alpha value is -0.590. The summed E-state index contributed by atoms with van der Waals surface area (Å²) in [7, 11) is 1.96. The fourth-order valence-electron chi connectivity index (χ4n) is 1.82. The van der Waals surface area contributed by atoms with E-state index in [2.05, 4.69) is 27.7 Å². The van der Waals surface area contributed by atoms with Gasteiger partial charge in [-0.25, -0.2) is 0 Å². The summed E-state index contributed by atoms with van der Waals surface area (Å²) in [5, 5.41) is 4.35. The van der Waals surface area contributed by atoms with Crippen LogP contribution in [-0.2, 0) is 24.8 Å². The number of aryl methyl sites for hydroxylation is 1. The fourth-order valence-corrected chi connectivity index (χ4v) is 2.62. The Labute approximate surface area is 96.4 Å². The van der Waals surface area contributed by atoms with E-state index >= 15 is 0 Å². The largest absolute Gasteiger partial charge is 0.338 e. The average molecular weight is 305 g/mol. The standard InChI is InChI=1S/C9H12IN3O/c1-6(14)13-4-3-8-7(5-13)9(10)11-12(8)2/h3-5H2,1-2H3. The molecule has 0 N–H and O–H groups in total. The quantitative estimate of drug-likeness (QED) is 0.669. The van der Waals surface area contributed by atoms with Gasteiger partial charge in [-0.3, -0.25) is 9.48 Å². The molecule has 2 heterocycles. The maximum absolute atomic E-state index is 11.2. The van der Waals surface area contributed by atoms with Crippen LogP contribution in [0.1, 0.15) is 18.2 Å². The lowest BCUT2D eigenvalue weighted by Crippen LogP contribution is -2.34. The second kappa shape index (κ2) is 3.52. The molecule has 0 fully saturated rings. The van der Waals surface area contributed by atoms with Crippen LogP contribution < -0.4 is 0 Å². The molecule has 0 aliphatic carbocycles. The number of fused-ring (bicyclic) bond motifs is 1. The molecule has 14 heavy (non-hydrogen) atoms.